The first kappa shape index (κ1) is 22.6. The molecule has 1 aromatic carbocycles. The second-order valence-corrected chi connectivity index (χ2v) is 4.66. The number of anilines is 2. The van der Waals surface area contributed by atoms with Gasteiger partial charge in [0.05, 0.1) is 26.8 Å². The van der Waals surface area contributed by atoms with Crippen molar-refractivity contribution in [3.05, 3.63) is 18.2 Å². The van der Waals surface area contributed by atoms with Gasteiger partial charge in [-0.05, 0) is 12.1 Å². The van der Waals surface area contributed by atoms with Crippen LogP contribution in [0, 0.1) is 0 Å². The molecule has 108 valence electrons. The number of hydrogen-bond acceptors (Lipinski definition) is 3. The molecule has 0 atom stereocenters. The topological polar surface area (TPSA) is 61.3 Å². The summed E-state index contributed by atoms with van der Waals surface area (Å²) in [6, 6.07) is 5.28. The van der Waals surface area contributed by atoms with Crippen LogP contribution < -0.4 is 28.6 Å². The highest BCUT2D eigenvalue weighted by atomic mass is 35.5. The number of benzene rings is 1. The third-order valence-corrected chi connectivity index (χ3v) is 2.06. The van der Waals surface area contributed by atoms with E-state index in [9.17, 15) is 0 Å². The van der Waals surface area contributed by atoms with Gasteiger partial charge in [-0.25, -0.2) is 0 Å². The summed E-state index contributed by atoms with van der Waals surface area (Å²) in [6.07, 6.45) is 0. The molecule has 1 aromatic rings. The summed E-state index contributed by atoms with van der Waals surface area (Å²) in [6.45, 7) is 1.56. The molecule has 0 saturated heterocycles. The van der Waals surface area contributed by atoms with Crippen LogP contribution >= 0.6 is 24.8 Å². The minimum atomic E-state index is 0. The molecule has 0 spiro atoms. The van der Waals surface area contributed by atoms with Crippen LogP contribution in [0.3, 0.4) is 0 Å². The van der Waals surface area contributed by atoms with Gasteiger partial charge in [0.25, 0.3) is 0 Å². The summed E-state index contributed by atoms with van der Waals surface area (Å²) < 4.78 is 6.44. The lowest BCUT2D eigenvalue weighted by molar-refractivity contribution is -0.870. The van der Waals surface area contributed by atoms with E-state index in [1.165, 1.54) is 0 Å². The van der Waals surface area contributed by atoms with Crippen LogP contribution in [0.5, 0.6) is 5.75 Å². The molecule has 0 aliphatic heterocycles. The van der Waals surface area contributed by atoms with Gasteiger partial charge in [0.2, 0.25) is 0 Å². The molecule has 0 unspecified atom stereocenters. The molecule has 7 heteroatoms. The fourth-order valence-electron chi connectivity index (χ4n) is 1.11. The van der Waals surface area contributed by atoms with Crippen LogP contribution in [-0.2, 0) is 0 Å². The van der Waals surface area contributed by atoms with Crippen molar-refractivity contribution in [1.82, 2.24) is 0 Å². The first-order chi connectivity index (χ1) is 6.88. The maximum atomic E-state index is 5.75. The van der Waals surface area contributed by atoms with E-state index in [1.807, 2.05) is 0 Å². The molecular weight excluding hydrogens is 296 g/mol. The monoisotopic (exact) mass is 317 g/mol. The van der Waals surface area contributed by atoms with Crippen molar-refractivity contribution >= 4 is 36.2 Å². The van der Waals surface area contributed by atoms with Gasteiger partial charge in [0.1, 0.15) is 18.9 Å². The summed E-state index contributed by atoms with van der Waals surface area (Å²) in [5.41, 5.74) is 12.7. The summed E-state index contributed by atoms with van der Waals surface area (Å²) >= 11 is 0. The minimum Gasteiger partial charge on any atom is -1.00 e. The van der Waals surface area contributed by atoms with Gasteiger partial charge in [-0.3, -0.25) is 0 Å². The van der Waals surface area contributed by atoms with Gasteiger partial charge in [-0.2, -0.15) is 0 Å². The maximum Gasteiger partial charge on any atom is 0.144 e. The molecular formula is C11H22Cl3N3O. The number of nitrogens with two attached hydrogens (primary N) is 2. The maximum absolute atomic E-state index is 5.75. The molecule has 0 radical (unpaired) electrons. The molecule has 0 fully saturated rings. The first-order valence-corrected chi connectivity index (χ1v) is 4.97. The molecule has 18 heavy (non-hydrogen) atoms. The van der Waals surface area contributed by atoms with E-state index in [-0.39, 0.29) is 37.2 Å². The van der Waals surface area contributed by atoms with Crippen molar-refractivity contribution in [2.75, 3.05) is 45.8 Å². The van der Waals surface area contributed by atoms with Gasteiger partial charge in [0, 0.05) is 11.8 Å². The van der Waals surface area contributed by atoms with E-state index < -0.39 is 0 Å². The Labute approximate surface area is 127 Å². The number of halogens is 3. The lowest BCUT2D eigenvalue weighted by Gasteiger charge is -2.23. The van der Waals surface area contributed by atoms with Crippen molar-refractivity contribution in [1.29, 1.82) is 0 Å². The molecule has 0 aliphatic rings. The van der Waals surface area contributed by atoms with Crippen molar-refractivity contribution in [2.45, 2.75) is 0 Å². The second kappa shape index (κ2) is 9.39. The largest absolute Gasteiger partial charge is 1.00 e. The standard InChI is InChI=1S/C11H20N3O.3ClH/c1-14(2,3)6-7-15-11-8-9(12)4-5-10(11)13;;;/h4-5,8H,6-7,12-13H2,1-3H3;3*1H/q+1;;;/p-1. The number of ether oxygens (including phenoxy) is 1. The van der Waals surface area contributed by atoms with Crippen molar-refractivity contribution in [2.24, 2.45) is 0 Å². The van der Waals surface area contributed by atoms with Gasteiger partial charge in [-0.15, -0.1) is 24.8 Å². The summed E-state index contributed by atoms with van der Waals surface area (Å²) in [7, 11) is 6.35. The average molecular weight is 319 g/mol. The van der Waals surface area contributed by atoms with Crippen LogP contribution in [0.15, 0.2) is 18.2 Å². The van der Waals surface area contributed by atoms with Gasteiger partial charge >= 0.3 is 0 Å². The number of likely N-dealkylation sites (N-methyl/N-ethyl adjacent to an activating group) is 1. The van der Waals surface area contributed by atoms with E-state index in [0.717, 1.165) is 11.0 Å². The lowest BCUT2D eigenvalue weighted by atomic mass is 10.2. The van der Waals surface area contributed by atoms with E-state index in [0.29, 0.717) is 23.7 Å². The van der Waals surface area contributed by atoms with Crippen LogP contribution in [0.2, 0.25) is 0 Å². The van der Waals surface area contributed by atoms with Gasteiger partial charge in [0.15, 0.2) is 0 Å². The van der Waals surface area contributed by atoms with Crippen molar-refractivity contribution in [3.8, 4) is 5.75 Å². The zero-order valence-corrected chi connectivity index (χ0v) is 13.2. The fourth-order valence-corrected chi connectivity index (χ4v) is 1.11. The highest BCUT2D eigenvalue weighted by Gasteiger charge is 2.07. The SMILES string of the molecule is C[N+](C)(C)CCOc1cc(N)ccc1N.Cl.Cl.[Cl-]. The molecule has 0 heterocycles. The number of rotatable bonds is 4. The molecule has 0 saturated carbocycles. The Morgan fingerprint density at radius 1 is 1.11 bits per heavy atom. The van der Waals surface area contributed by atoms with Crippen LogP contribution in [0.1, 0.15) is 0 Å². The first-order valence-electron chi connectivity index (χ1n) is 4.97. The zero-order chi connectivity index (χ0) is 11.5. The summed E-state index contributed by atoms with van der Waals surface area (Å²) in [5.74, 6) is 0.670. The third kappa shape index (κ3) is 8.53. The molecule has 0 amide bonds. The van der Waals surface area contributed by atoms with Crippen LogP contribution in [-0.4, -0.2) is 38.8 Å². The smallest absolute Gasteiger partial charge is 0.144 e. The third-order valence-electron chi connectivity index (χ3n) is 2.06. The Hall–Kier alpha value is -0.550. The lowest BCUT2D eigenvalue weighted by Crippen LogP contribution is -3.00. The Bertz CT molecular complexity index is 343. The Morgan fingerprint density at radius 3 is 2.17 bits per heavy atom. The molecule has 0 bridgehead atoms. The fraction of sp³-hybridized carbons (Fsp3) is 0.455. The highest BCUT2D eigenvalue weighted by molar-refractivity contribution is 5.85. The van der Waals surface area contributed by atoms with Gasteiger partial charge < -0.3 is 33.1 Å². The van der Waals surface area contributed by atoms with Gasteiger partial charge in [-0.1, -0.05) is 0 Å². The predicted octanol–water partition coefficient (Wildman–Crippen LogP) is -1.22. The van der Waals surface area contributed by atoms with Crippen molar-refractivity contribution < 1.29 is 21.6 Å². The zero-order valence-electron chi connectivity index (χ0n) is 10.9. The van der Waals surface area contributed by atoms with Crippen LogP contribution in [0.25, 0.3) is 0 Å². The molecule has 4 nitrogen and oxygen atoms in total. The number of hydrogen-bond donors (Lipinski definition) is 2. The van der Waals surface area contributed by atoms with E-state index in [4.69, 9.17) is 16.2 Å². The number of quaternary nitrogens is 1. The van der Waals surface area contributed by atoms with Crippen LogP contribution in [0.4, 0.5) is 11.4 Å². The summed E-state index contributed by atoms with van der Waals surface area (Å²) in [4.78, 5) is 0. The molecule has 0 aromatic heterocycles. The number of nitrogens with zero attached hydrogens (tertiary/aromatic N) is 1. The van der Waals surface area contributed by atoms with E-state index >= 15 is 0 Å². The quantitative estimate of drug-likeness (QED) is 0.541. The Balaban J connectivity index is -0.000000750. The highest BCUT2D eigenvalue weighted by Crippen LogP contribution is 2.23. The second-order valence-electron chi connectivity index (χ2n) is 4.66. The minimum absolute atomic E-state index is 0. The van der Waals surface area contributed by atoms with Crippen molar-refractivity contribution in [3.63, 3.8) is 0 Å². The number of nitrogen functional groups attached to an aromatic ring is 2. The molecule has 0 aliphatic carbocycles. The molecule has 1 rings (SSSR count). The normalized spacial score (nSPS) is 9.50. The summed E-state index contributed by atoms with van der Waals surface area (Å²) in [5, 5.41) is 0. The molecule has 4 N–H and O–H groups in total. The van der Waals surface area contributed by atoms with E-state index in [1.54, 1.807) is 18.2 Å². The Kier molecular flexibility index (Phi) is 11.8. The average Bonchev–Trinajstić information content (AvgIpc) is 2.09. The van der Waals surface area contributed by atoms with E-state index in [2.05, 4.69) is 21.1 Å². The Morgan fingerprint density at radius 2 is 1.67 bits per heavy atom. The predicted molar refractivity (Wildman–Crippen MR) is 78.2 cm³/mol.